The van der Waals surface area contributed by atoms with Gasteiger partial charge in [-0.25, -0.2) is 4.79 Å². The summed E-state index contributed by atoms with van der Waals surface area (Å²) in [4.78, 5) is 13.7. The summed E-state index contributed by atoms with van der Waals surface area (Å²) in [6, 6.07) is 1.87. The highest BCUT2D eigenvalue weighted by molar-refractivity contribution is 9.11. The first-order chi connectivity index (χ1) is 9.33. The fourth-order valence-corrected chi connectivity index (χ4v) is 2.79. The number of hydrogen-bond acceptors (Lipinski definition) is 5. The van der Waals surface area contributed by atoms with Crippen molar-refractivity contribution in [3.8, 4) is 5.88 Å². The van der Waals surface area contributed by atoms with Crippen molar-refractivity contribution in [2.24, 2.45) is 0 Å². The average Bonchev–Trinajstić information content (AvgIpc) is 2.73. The molecule has 1 aliphatic heterocycles. The molecular weight excluding hydrogens is 344 g/mol. The lowest BCUT2D eigenvalue weighted by molar-refractivity contribution is 0.0124. The van der Waals surface area contributed by atoms with Gasteiger partial charge in [-0.05, 0) is 48.2 Å². The molecule has 0 spiro atoms. The van der Waals surface area contributed by atoms with E-state index in [1.165, 1.54) is 11.5 Å². The third kappa shape index (κ3) is 4.63. The Bertz CT molecular complexity index is 464. The number of aromatic nitrogens is 1. The van der Waals surface area contributed by atoms with Crippen molar-refractivity contribution < 1.29 is 14.3 Å². The van der Waals surface area contributed by atoms with Crippen LogP contribution >= 0.6 is 27.5 Å². The van der Waals surface area contributed by atoms with Crippen molar-refractivity contribution in [3.05, 3.63) is 9.85 Å². The number of carbonyl (C=O) groups is 1. The number of carbonyl (C=O) groups excluding carboxylic acids is 1. The minimum atomic E-state index is -0.447. The van der Waals surface area contributed by atoms with Crippen LogP contribution in [0.5, 0.6) is 5.88 Å². The predicted octanol–water partition coefficient (Wildman–Crippen LogP) is 3.68. The van der Waals surface area contributed by atoms with Gasteiger partial charge in [0.15, 0.2) is 0 Å². The summed E-state index contributed by atoms with van der Waals surface area (Å²) < 4.78 is 16.3. The van der Waals surface area contributed by atoms with E-state index in [2.05, 4.69) is 20.3 Å². The van der Waals surface area contributed by atoms with Gasteiger partial charge in [0.1, 0.15) is 11.7 Å². The van der Waals surface area contributed by atoms with Crippen LogP contribution in [0.3, 0.4) is 0 Å². The SMILES string of the molecule is CC(C)(C)OC(=O)N1CCC(Oc2cc(Br)sn2)CC1. The number of rotatable bonds is 2. The maximum Gasteiger partial charge on any atom is 0.410 e. The smallest absolute Gasteiger partial charge is 0.410 e. The lowest BCUT2D eigenvalue weighted by atomic mass is 10.1. The Morgan fingerprint density at radius 1 is 1.45 bits per heavy atom. The molecule has 0 bridgehead atoms. The third-order valence-corrected chi connectivity index (χ3v) is 4.07. The van der Waals surface area contributed by atoms with Gasteiger partial charge in [-0.2, -0.15) is 4.37 Å². The monoisotopic (exact) mass is 362 g/mol. The Balaban J connectivity index is 1.79. The van der Waals surface area contributed by atoms with Crippen LogP contribution in [0.2, 0.25) is 0 Å². The predicted molar refractivity (Wildman–Crippen MR) is 81.3 cm³/mol. The fraction of sp³-hybridized carbons (Fsp3) is 0.692. The van der Waals surface area contributed by atoms with E-state index < -0.39 is 5.60 Å². The lowest BCUT2D eigenvalue weighted by Crippen LogP contribution is -2.44. The number of amides is 1. The first-order valence-electron chi connectivity index (χ1n) is 6.60. The first kappa shape index (κ1) is 15.6. The Morgan fingerprint density at radius 2 is 2.10 bits per heavy atom. The molecule has 0 aliphatic carbocycles. The molecule has 0 N–H and O–H groups in total. The molecule has 1 amide bonds. The van der Waals surface area contributed by atoms with Gasteiger partial charge in [-0.1, -0.05) is 0 Å². The first-order valence-corrected chi connectivity index (χ1v) is 8.17. The Morgan fingerprint density at radius 3 is 2.60 bits per heavy atom. The zero-order valence-electron chi connectivity index (χ0n) is 11.9. The fourth-order valence-electron chi connectivity index (χ4n) is 1.95. The van der Waals surface area contributed by atoms with Gasteiger partial charge in [-0.15, -0.1) is 0 Å². The summed E-state index contributed by atoms with van der Waals surface area (Å²) in [6.07, 6.45) is 1.47. The molecule has 112 valence electrons. The Kier molecular flexibility index (Phi) is 4.90. The molecule has 7 heteroatoms. The number of ether oxygens (including phenoxy) is 2. The maximum absolute atomic E-state index is 11.9. The van der Waals surface area contributed by atoms with Crippen molar-refractivity contribution >= 4 is 33.6 Å². The molecule has 1 fully saturated rings. The van der Waals surface area contributed by atoms with E-state index in [4.69, 9.17) is 9.47 Å². The third-order valence-electron chi connectivity index (χ3n) is 2.84. The summed E-state index contributed by atoms with van der Waals surface area (Å²) in [5, 5.41) is 0. The Hall–Kier alpha value is -0.820. The summed E-state index contributed by atoms with van der Waals surface area (Å²) in [5.74, 6) is 0.651. The molecule has 2 heterocycles. The van der Waals surface area contributed by atoms with Gasteiger partial charge < -0.3 is 14.4 Å². The average molecular weight is 363 g/mol. The molecule has 1 saturated heterocycles. The number of piperidine rings is 1. The molecule has 1 aromatic heterocycles. The molecule has 20 heavy (non-hydrogen) atoms. The lowest BCUT2D eigenvalue weighted by Gasteiger charge is -2.33. The standard InChI is InChI=1S/C13H19BrN2O3S/c1-13(2,3)19-12(17)16-6-4-9(5-7-16)18-11-8-10(14)20-15-11/h8-9H,4-7H2,1-3H3. The van der Waals surface area contributed by atoms with Crippen LogP contribution in [0, 0.1) is 0 Å². The molecular formula is C13H19BrN2O3S. The zero-order valence-corrected chi connectivity index (χ0v) is 14.3. The number of hydrogen-bond donors (Lipinski definition) is 0. The molecule has 1 aliphatic rings. The molecule has 0 aromatic carbocycles. The number of halogens is 1. The van der Waals surface area contributed by atoms with Gasteiger partial charge in [0, 0.05) is 32.0 Å². The second-order valence-corrected chi connectivity index (χ2v) is 7.94. The van der Waals surface area contributed by atoms with Crippen LogP contribution in [-0.4, -0.2) is 40.2 Å². The summed E-state index contributed by atoms with van der Waals surface area (Å²) in [6.45, 7) is 6.94. The van der Waals surface area contributed by atoms with Gasteiger partial charge in [0.2, 0.25) is 5.88 Å². The van der Waals surface area contributed by atoms with Crippen LogP contribution < -0.4 is 4.74 Å². The molecule has 5 nitrogen and oxygen atoms in total. The van der Waals surface area contributed by atoms with Crippen molar-refractivity contribution in [2.45, 2.75) is 45.3 Å². The molecule has 1 aromatic rings. The number of likely N-dealkylation sites (tertiary alicyclic amines) is 1. The van der Waals surface area contributed by atoms with Crippen molar-refractivity contribution in [1.29, 1.82) is 0 Å². The van der Waals surface area contributed by atoms with Crippen molar-refractivity contribution in [1.82, 2.24) is 9.27 Å². The minimum Gasteiger partial charge on any atom is -0.474 e. The zero-order chi connectivity index (χ0) is 14.8. The highest BCUT2D eigenvalue weighted by Gasteiger charge is 2.27. The largest absolute Gasteiger partial charge is 0.474 e. The Labute approximate surface area is 131 Å². The molecule has 0 radical (unpaired) electrons. The molecule has 0 atom stereocenters. The van der Waals surface area contributed by atoms with E-state index in [1.807, 2.05) is 26.8 Å². The summed E-state index contributed by atoms with van der Waals surface area (Å²) in [7, 11) is 0. The van der Waals surface area contributed by atoms with Crippen LogP contribution in [0.15, 0.2) is 9.85 Å². The van der Waals surface area contributed by atoms with Crippen LogP contribution in [0.1, 0.15) is 33.6 Å². The second kappa shape index (κ2) is 6.30. The summed E-state index contributed by atoms with van der Waals surface area (Å²) >= 11 is 4.72. The second-order valence-electron chi connectivity index (χ2n) is 5.75. The highest BCUT2D eigenvalue weighted by atomic mass is 79.9. The van der Waals surface area contributed by atoms with Crippen LogP contribution in [0.25, 0.3) is 0 Å². The van der Waals surface area contributed by atoms with Crippen LogP contribution in [-0.2, 0) is 4.74 Å². The highest BCUT2D eigenvalue weighted by Crippen LogP contribution is 2.25. The van der Waals surface area contributed by atoms with E-state index >= 15 is 0 Å². The van der Waals surface area contributed by atoms with Crippen molar-refractivity contribution in [3.63, 3.8) is 0 Å². The molecule has 2 rings (SSSR count). The van der Waals surface area contributed by atoms with Gasteiger partial charge >= 0.3 is 6.09 Å². The molecule has 0 saturated carbocycles. The van der Waals surface area contributed by atoms with E-state index in [0.29, 0.717) is 19.0 Å². The normalized spacial score (nSPS) is 17.1. The van der Waals surface area contributed by atoms with E-state index in [9.17, 15) is 4.79 Å². The van der Waals surface area contributed by atoms with E-state index in [0.717, 1.165) is 16.6 Å². The van der Waals surface area contributed by atoms with E-state index in [-0.39, 0.29) is 12.2 Å². The topological polar surface area (TPSA) is 51.7 Å². The van der Waals surface area contributed by atoms with E-state index in [1.54, 1.807) is 4.90 Å². The van der Waals surface area contributed by atoms with Gasteiger partial charge in [-0.3, -0.25) is 0 Å². The van der Waals surface area contributed by atoms with Gasteiger partial charge in [0.05, 0.1) is 3.79 Å². The van der Waals surface area contributed by atoms with Crippen LogP contribution in [0.4, 0.5) is 4.79 Å². The quantitative estimate of drug-likeness (QED) is 0.804. The van der Waals surface area contributed by atoms with Gasteiger partial charge in [0.25, 0.3) is 0 Å². The minimum absolute atomic E-state index is 0.114. The summed E-state index contributed by atoms with van der Waals surface area (Å²) in [5.41, 5.74) is -0.447. The maximum atomic E-state index is 11.9. The number of nitrogens with zero attached hydrogens (tertiary/aromatic N) is 2. The van der Waals surface area contributed by atoms with Crippen molar-refractivity contribution in [2.75, 3.05) is 13.1 Å². The molecule has 0 unspecified atom stereocenters.